The van der Waals surface area contributed by atoms with Crippen LogP contribution in [0.4, 0.5) is 0 Å². The van der Waals surface area contributed by atoms with Crippen LogP contribution in [0, 0.1) is 0 Å². The van der Waals surface area contributed by atoms with Crippen LogP contribution in [0.2, 0.25) is 0 Å². The van der Waals surface area contributed by atoms with Crippen LogP contribution < -0.4 is 9.79 Å². The number of hydrogen-bond donors (Lipinski definition) is 4. The molecule has 0 aromatic rings. The molecule has 86 valence electrons. The van der Waals surface area contributed by atoms with E-state index in [0.717, 1.165) is 0 Å². The second kappa shape index (κ2) is 4.87. The molecule has 0 aromatic heterocycles. The fraction of sp³-hybridized carbons (Fsp3) is 1.00. The van der Waals surface area contributed by atoms with Gasteiger partial charge in [-0.15, -0.1) is 0 Å². The average Bonchev–Trinajstić information content (AvgIpc) is 1.44. The van der Waals surface area contributed by atoms with Crippen LogP contribution in [0.15, 0.2) is 0 Å². The molecule has 0 saturated carbocycles. The Morgan fingerprint density at radius 2 is 1.07 bits per heavy atom. The molecule has 0 aliphatic heterocycles. The van der Waals surface area contributed by atoms with Crippen molar-refractivity contribution >= 4 is 22.8 Å². The molecule has 0 amide bonds. The van der Waals surface area contributed by atoms with Gasteiger partial charge in [-0.1, -0.05) is 0 Å². The van der Waals surface area contributed by atoms with Gasteiger partial charge in [0.2, 0.25) is 0 Å². The van der Waals surface area contributed by atoms with Crippen LogP contribution in [-0.4, -0.2) is 24.7 Å². The average molecular weight is 310 g/mol. The second-order valence-corrected chi connectivity index (χ2v) is 8.27. The maximum absolute atomic E-state index is 10.3. The Balaban J connectivity index is 0. The van der Waals surface area contributed by atoms with E-state index in [1.54, 1.807) is 0 Å². The Morgan fingerprint density at radius 3 is 1.07 bits per heavy atom. The molecular formula is CH5FeO9P3. The first-order valence-electron chi connectivity index (χ1n) is 2.49. The van der Waals surface area contributed by atoms with Crippen LogP contribution in [0.25, 0.3) is 0 Å². The molecule has 0 aliphatic rings. The van der Waals surface area contributed by atoms with Gasteiger partial charge in [0.15, 0.2) is 5.14 Å². The summed E-state index contributed by atoms with van der Waals surface area (Å²) in [6.07, 6.45) is 0. The van der Waals surface area contributed by atoms with E-state index in [4.69, 9.17) is 19.6 Å². The molecule has 13 heteroatoms. The van der Waals surface area contributed by atoms with Gasteiger partial charge in [-0.2, -0.15) is 0 Å². The molecule has 0 radical (unpaired) electrons. The molecular weight excluding hydrogens is 305 g/mol. The fourth-order valence-electron chi connectivity index (χ4n) is 0.564. The van der Waals surface area contributed by atoms with Crippen molar-refractivity contribution in [3.05, 3.63) is 0 Å². The molecule has 0 bridgehead atoms. The summed E-state index contributed by atoms with van der Waals surface area (Å²) in [5.41, 5.74) is 0. The van der Waals surface area contributed by atoms with Gasteiger partial charge in [-0.05, 0) is 7.60 Å². The van der Waals surface area contributed by atoms with Crippen molar-refractivity contribution in [2.24, 2.45) is 0 Å². The molecule has 0 atom stereocenters. The molecule has 0 aliphatic carbocycles. The summed E-state index contributed by atoms with van der Waals surface area (Å²) in [6.45, 7) is 0. The van der Waals surface area contributed by atoms with Gasteiger partial charge in [0.1, 0.15) is 0 Å². The normalized spacial score (nSPS) is 13.9. The van der Waals surface area contributed by atoms with Gasteiger partial charge >= 0.3 is 32.3 Å². The van der Waals surface area contributed by atoms with E-state index in [1.807, 2.05) is 0 Å². The minimum atomic E-state index is -6.05. The molecule has 0 spiro atoms. The summed E-state index contributed by atoms with van der Waals surface area (Å²) in [5, 5.41) is -3.49. The van der Waals surface area contributed by atoms with Gasteiger partial charge in [0, 0.05) is 0 Å². The third kappa shape index (κ3) is 5.16. The van der Waals surface area contributed by atoms with Crippen molar-refractivity contribution in [1.82, 2.24) is 0 Å². The van der Waals surface area contributed by atoms with E-state index in [-0.39, 0.29) is 17.1 Å². The van der Waals surface area contributed by atoms with Gasteiger partial charge in [-0.3, -0.25) is 9.13 Å². The van der Waals surface area contributed by atoms with Crippen molar-refractivity contribution in [3.63, 3.8) is 0 Å². The topological polar surface area (TPSA) is 178 Å². The Labute approximate surface area is 88.5 Å². The van der Waals surface area contributed by atoms with Crippen molar-refractivity contribution in [2.45, 2.75) is 5.14 Å². The summed E-state index contributed by atoms with van der Waals surface area (Å²) in [7, 11) is -17.4. The minimum Gasteiger partial charge on any atom is -0.810 e. The zero-order chi connectivity index (χ0) is 11.1. The first-order valence-corrected chi connectivity index (χ1v) is 7.46. The Bertz CT molecular complexity index is 265. The van der Waals surface area contributed by atoms with Crippen molar-refractivity contribution in [2.75, 3.05) is 0 Å². The van der Waals surface area contributed by atoms with E-state index in [1.165, 1.54) is 0 Å². The van der Waals surface area contributed by atoms with Gasteiger partial charge in [-0.25, -0.2) is 0 Å². The zero-order valence-corrected chi connectivity index (χ0v) is 9.89. The quantitative estimate of drug-likeness (QED) is 0.325. The van der Waals surface area contributed by atoms with Crippen molar-refractivity contribution in [3.8, 4) is 0 Å². The molecule has 4 N–H and O–H groups in total. The first-order chi connectivity index (χ1) is 5.37. The number of hydrogen-bond acceptors (Lipinski definition) is 5. The van der Waals surface area contributed by atoms with E-state index in [9.17, 15) is 23.5 Å². The monoisotopic (exact) mass is 310 g/mol. The molecule has 0 unspecified atom stereocenters. The molecule has 0 heterocycles. The predicted octanol–water partition coefficient (Wildman–Crippen LogP) is -2.46. The molecule has 0 saturated heterocycles. The second-order valence-electron chi connectivity index (χ2n) is 2.06. The first kappa shape index (κ1) is 17.4. The largest absolute Gasteiger partial charge is 2.00 e. The van der Waals surface area contributed by atoms with Crippen LogP contribution in [0.5, 0.6) is 0 Å². The maximum atomic E-state index is 10.3. The number of rotatable bonds is 3. The van der Waals surface area contributed by atoms with E-state index in [0.29, 0.717) is 0 Å². The Kier molecular flexibility index (Phi) is 6.04. The van der Waals surface area contributed by atoms with Crippen LogP contribution in [0.3, 0.4) is 0 Å². The molecule has 0 fully saturated rings. The fourth-order valence-corrected chi connectivity index (χ4v) is 5.08. The SMILES string of the molecule is O=P([O-])([O-])C(P(=O)(O)O)P(=O)(O)O.[Fe+2]. The summed E-state index contributed by atoms with van der Waals surface area (Å²) >= 11 is 0. The van der Waals surface area contributed by atoms with Crippen molar-refractivity contribution in [1.29, 1.82) is 0 Å². The van der Waals surface area contributed by atoms with Gasteiger partial charge < -0.3 is 33.9 Å². The maximum Gasteiger partial charge on any atom is 2.00 e. The van der Waals surface area contributed by atoms with Crippen LogP contribution in [0.1, 0.15) is 0 Å². The summed E-state index contributed by atoms with van der Waals surface area (Å²) < 4.78 is 30.6. The third-order valence-corrected chi connectivity index (χ3v) is 7.96. The minimum absolute atomic E-state index is 0. The third-order valence-electron chi connectivity index (χ3n) is 0.885. The van der Waals surface area contributed by atoms with E-state index in [2.05, 4.69) is 0 Å². The molecule has 9 nitrogen and oxygen atoms in total. The smallest absolute Gasteiger partial charge is 0.810 e. The predicted molar refractivity (Wildman–Crippen MR) is 35.5 cm³/mol. The molecule has 14 heavy (non-hydrogen) atoms. The Hall–Kier alpha value is 0.969. The van der Waals surface area contributed by atoms with Crippen LogP contribution in [-0.2, 0) is 30.8 Å². The van der Waals surface area contributed by atoms with E-state index >= 15 is 0 Å². The summed E-state index contributed by atoms with van der Waals surface area (Å²) in [4.78, 5) is 53.0. The van der Waals surface area contributed by atoms with Gasteiger partial charge in [0.05, 0.1) is 0 Å². The van der Waals surface area contributed by atoms with Gasteiger partial charge in [0.25, 0.3) is 0 Å². The Morgan fingerprint density at radius 1 is 0.857 bits per heavy atom. The summed E-state index contributed by atoms with van der Waals surface area (Å²) in [6, 6.07) is 0. The molecule has 0 rings (SSSR count). The van der Waals surface area contributed by atoms with Crippen molar-refractivity contribution < 1.29 is 60.1 Å². The molecule has 0 aromatic carbocycles. The zero-order valence-electron chi connectivity index (χ0n) is 6.10. The van der Waals surface area contributed by atoms with E-state index < -0.39 is 27.9 Å². The summed E-state index contributed by atoms with van der Waals surface area (Å²) in [5.74, 6) is 0. The van der Waals surface area contributed by atoms with Crippen LogP contribution >= 0.6 is 22.8 Å². The standard InChI is InChI=1S/CH7O9P3.Fe/c2-11(3,4)1(12(5,6)7)13(8,9)10;/h1H,(H2,2,3,4)(H2,5,6,7)(H2,8,9,10);/q;+2/p-2.